The number of nitrogens with zero attached hydrogens (tertiary/aromatic N) is 1. The molecule has 0 saturated carbocycles. The van der Waals surface area contributed by atoms with Gasteiger partial charge in [-0.15, -0.1) is 6.58 Å². The molecule has 6 heteroatoms. The van der Waals surface area contributed by atoms with E-state index in [0.717, 1.165) is 24.4 Å². The summed E-state index contributed by atoms with van der Waals surface area (Å²) < 4.78 is 17.3. The van der Waals surface area contributed by atoms with E-state index in [9.17, 15) is 9.59 Å². The summed E-state index contributed by atoms with van der Waals surface area (Å²) >= 11 is 0. The second-order valence-corrected chi connectivity index (χ2v) is 5.58. The molecule has 0 radical (unpaired) electrons. The third-order valence-electron chi connectivity index (χ3n) is 3.75. The van der Waals surface area contributed by atoms with Gasteiger partial charge >= 0.3 is 5.97 Å². The minimum atomic E-state index is -0.725. The first-order valence-corrected chi connectivity index (χ1v) is 8.00. The lowest BCUT2D eigenvalue weighted by Crippen LogP contribution is -2.26. The molecule has 24 heavy (non-hydrogen) atoms. The molecule has 0 saturated heterocycles. The van der Waals surface area contributed by atoms with Crippen LogP contribution in [0.5, 0.6) is 0 Å². The second-order valence-electron chi connectivity index (χ2n) is 5.58. The van der Waals surface area contributed by atoms with Gasteiger partial charge in [0.2, 0.25) is 5.78 Å². The molecular weight excluding hydrogens is 310 g/mol. The number of rotatable bonds is 11. The molecule has 134 valence electrons. The van der Waals surface area contributed by atoms with Gasteiger partial charge in [0.05, 0.1) is 6.61 Å². The van der Waals surface area contributed by atoms with Crippen LogP contribution in [0, 0.1) is 13.8 Å². The van der Waals surface area contributed by atoms with E-state index in [2.05, 4.69) is 11.1 Å². The lowest BCUT2D eigenvalue weighted by molar-refractivity contribution is -0.154. The van der Waals surface area contributed by atoms with Crippen LogP contribution in [-0.4, -0.2) is 49.4 Å². The van der Waals surface area contributed by atoms with Gasteiger partial charge in [0.15, 0.2) is 12.7 Å². The molecule has 1 rings (SSSR count). The molecule has 1 heterocycles. The van der Waals surface area contributed by atoms with E-state index in [-0.39, 0.29) is 19.0 Å². The minimum absolute atomic E-state index is 0.217. The summed E-state index contributed by atoms with van der Waals surface area (Å²) in [6, 6.07) is 1.83. The molecule has 0 amide bonds. The number of hydrogen-bond donors (Lipinski definition) is 0. The normalized spacial score (nSPS) is 12.0. The maximum Gasteiger partial charge on any atom is 0.335 e. The SMILES string of the molecule is C=CCOC(C)C(=O)OCC(=O)c1cc(C)n(CCCOC)c1C. The van der Waals surface area contributed by atoms with Gasteiger partial charge < -0.3 is 18.8 Å². The van der Waals surface area contributed by atoms with Crippen molar-refractivity contribution in [2.45, 2.75) is 39.8 Å². The number of carbonyl (C=O) groups excluding carboxylic acids is 2. The predicted octanol–water partition coefficient (Wildman–Crippen LogP) is 2.46. The average molecular weight is 337 g/mol. The van der Waals surface area contributed by atoms with Crippen LogP contribution >= 0.6 is 0 Å². The Labute approximate surface area is 143 Å². The number of aryl methyl sites for hydroxylation is 1. The molecule has 0 spiro atoms. The fourth-order valence-electron chi connectivity index (χ4n) is 2.41. The zero-order chi connectivity index (χ0) is 18.1. The van der Waals surface area contributed by atoms with E-state index < -0.39 is 12.1 Å². The van der Waals surface area contributed by atoms with Crippen molar-refractivity contribution in [3.8, 4) is 0 Å². The number of ether oxygens (including phenoxy) is 3. The Kier molecular flexibility index (Phi) is 8.43. The van der Waals surface area contributed by atoms with Gasteiger partial charge in [-0.2, -0.15) is 0 Å². The van der Waals surface area contributed by atoms with E-state index in [1.807, 2.05) is 19.9 Å². The van der Waals surface area contributed by atoms with E-state index in [0.29, 0.717) is 12.2 Å². The topological polar surface area (TPSA) is 66.8 Å². The average Bonchev–Trinajstić information content (AvgIpc) is 2.85. The third kappa shape index (κ3) is 5.62. The molecule has 1 unspecified atom stereocenters. The Balaban J connectivity index is 2.63. The Bertz CT molecular complexity index is 576. The standard InChI is InChI=1S/C18H27NO5/c1-6-9-23-15(4)18(21)24-12-17(20)16-11-13(2)19(14(16)3)8-7-10-22-5/h6,11,15H,1,7-10,12H2,2-5H3. The number of Topliss-reactive ketones (excluding diaryl/α,β-unsaturated/α-hetero) is 1. The molecular formula is C18H27NO5. The molecule has 0 aromatic carbocycles. The van der Waals surface area contributed by atoms with Crippen LogP contribution in [0.2, 0.25) is 0 Å². The van der Waals surface area contributed by atoms with Crippen LogP contribution in [0.1, 0.15) is 35.1 Å². The summed E-state index contributed by atoms with van der Waals surface area (Å²) in [5.74, 6) is -0.774. The van der Waals surface area contributed by atoms with Crippen molar-refractivity contribution < 1.29 is 23.8 Å². The number of esters is 1. The van der Waals surface area contributed by atoms with Gasteiger partial charge in [-0.3, -0.25) is 4.79 Å². The zero-order valence-corrected chi connectivity index (χ0v) is 15.0. The van der Waals surface area contributed by atoms with Gasteiger partial charge in [0, 0.05) is 37.2 Å². The Morgan fingerprint density at radius 2 is 2.08 bits per heavy atom. The summed E-state index contributed by atoms with van der Waals surface area (Å²) in [6.07, 6.45) is 1.69. The first-order valence-electron chi connectivity index (χ1n) is 8.00. The lowest BCUT2D eigenvalue weighted by atomic mass is 10.1. The number of hydrogen-bond acceptors (Lipinski definition) is 5. The summed E-state index contributed by atoms with van der Waals surface area (Å²) in [6.45, 7) is 10.4. The summed E-state index contributed by atoms with van der Waals surface area (Å²) in [5, 5.41) is 0. The molecule has 0 bridgehead atoms. The molecule has 0 aliphatic carbocycles. The number of ketones is 1. The second kappa shape index (κ2) is 10.1. The molecule has 0 aliphatic rings. The van der Waals surface area contributed by atoms with Crippen LogP contribution in [-0.2, 0) is 25.5 Å². The molecule has 1 atom stereocenters. The molecule has 6 nitrogen and oxygen atoms in total. The van der Waals surface area contributed by atoms with Crippen molar-refractivity contribution in [2.24, 2.45) is 0 Å². The lowest BCUT2D eigenvalue weighted by Gasteiger charge is -2.11. The highest BCUT2D eigenvalue weighted by molar-refractivity contribution is 5.99. The maximum absolute atomic E-state index is 12.3. The van der Waals surface area contributed by atoms with Crippen molar-refractivity contribution in [1.82, 2.24) is 4.57 Å². The smallest absolute Gasteiger partial charge is 0.335 e. The molecule has 1 aromatic rings. The zero-order valence-electron chi connectivity index (χ0n) is 15.0. The predicted molar refractivity (Wildman–Crippen MR) is 91.3 cm³/mol. The molecule has 1 aromatic heterocycles. The highest BCUT2D eigenvalue weighted by atomic mass is 16.6. The minimum Gasteiger partial charge on any atom is -0.455 e. The van der Waals surface area contributed by atoms with E-state index in [4.69, 9.17) is 14.2 Å². The molecule has 0 N–H and O–H groups in total. The monoisotopic (exact) mass is 337 g/mol. The van der Waals surface area contributed by atoms with Crippen LogP contribution in [0.4, 0.5) is 0 Å². The van der Waals surface area contributed by atoms with Gasteiger partial charge in [-0.05, 0) is 33.3 Å². The first kappa shape index (κ1) is 20.1. The van der Waals surface area contributed by atoms with Gasteiger partial charge in [0.1, 0.15) is 0 Å². The van der Waals surface area contributed by atoms with Crippen LogP contribution in [0.25, 0.3) is 0 Å². The number of aromatic nitrogens is 1. The number of methoxy groups -OCH3 is 1. The Morgan fingerprint density at radius 1 is 1.38 bits per heavy atom. The van der Waals surface area contributed by atoms with E-state index in [1.165, 1.54) is 0 Å². The third-order valence-corrected chi connectivity index (χ3v) is 3.75. The fraction of sp³-hybridized carbons (Fsp3) is 0.556. The largest absolute Gasteiger partial charge is 0.455 e. The van der Waals surface area contributed by atoms with Crippen molar-refractivity contribution in [1.29, 1.82) is 0 Å². The number of carbonyl (C=O) groups is 2. The van der Waals surface area contributed by atoms with Crippen LogP contribution in [0.3, 0.4) is 0 Å². The van der Waals surface area contributed by atoms with Crippen LogP contribution in [0.15, 0.2) is 18.7 Å². The van der Waals surface area contributed by atoms with Crippen molar-refractivity contribution >= 4 is 11.8 Å². The van der Waals surface area contributed by atoms with Crippen LogP contribution < -0.4 is 0 Å². The summed E-state index contributed by atoms with van der Waals surface area (Å²) in [5.41, 5.74) is 2.46. The highest BCUT2D eigenvalue weighted by Gasteiger charge is 2.19. The van der Waals surface area contributed by atoms with Crippen molar-refractivity contribution in [2.75, 3.05) is 26.9 Å². The highest BCUT2D eigenvalue weighted by Crippen LogP contribution is 2.16. The van der Waals surface area contributed by atoms with Crippen molar-refractivity contribution in [3.63, 3.8) is 0 Å². The van der Waals surface area contributed by atoms with E-state index in [1.54, 1.807) is 20.1 Å². The molecule has 0 aliphatic heterocycles. The van der Waals surface area contributed by atoms with Gasteiger partial charge in [0.25, 0.3) is 0 Å². The van der Waals surface area contributed by atoms with Gasteiger partial charge in [-0.1, -0.05) is 6.08 Å². The summed E-state index contributed by atoms with van der Waals surface area (Å²) in [4.78, 5) is 24.1. The Morgan fingerprint density at radius 3 is 2.71 bits per heavy atom. The van der Waals surface area contributed by atoms with Crippen molar-refractivity contribution in [3.05, 3.63) is 35.7 Å². The Hall–Kier alpha value is -1.92. The van der Waals surface area contributed by atoms with E-state index >= 15 is 0 Å². The van der Waals surface area contributed by atoms with Gasteiger partial charge in [-0.25, -0.2) is 4.79 Å². The fourth-order valence-corrected chi connectivity index (χ4v) is 2.41. The molecule has 0 fully saturated rings. The summed E-state index contributed by atoms with van der Waals surface area (Å²) in [7, 11) is 1.67. The quantitative estimate of drug-likeness (QED) is 0.269. The maximum atomic E-state index is 12.3. The first-order chi connectivity index (χ1) is 11.4.